The van der Waals surface area contributed by atoms with Crippen molar-refractivity contribution in [2.24, 2.45) is 0 Å². The fourth-order valence-electron chi connectivity index (χ4n) is 5.09. The van der Waals surface area contributed by atoms with Crippen LogP contribution in [-0.4, -0.2) is 34.3 Å². The Hall–Kier alpha value is -4.53. The molecule has 45 heavy (non-hydrogen) atoms. The van der Waals surface area contributed by atoms with Crippen LogP contribution in [0.1, 0.15) is 27.0 Å². The van der Waals surface area contributed by atoms with E-state index in [4.69, 9.17) is 0 Å². The average molecular weight is 726 g/mol. The van der Waals surface area contributed by atoms with Crippen molar-refractivity contribution >= 4 is 49.6 Å². The minimum absolute atomic E-state index is 0.0102. The van der Waals surface area contributed by atoms with Gasteiger partial charge in [0.1, 0.15) is 0 Å². The molecule has 0 heterocycles. The number of halogens is 2. The lowest BCUT2D eigenvalue weighted by Gasteiger charge is -2.24. The van der Waals surface area contributed by atoms with Crippen molar-refractivity contribution in [2.45, 2.75) is 19.5 Å². The van der Waals surface area contributed by atoms with Gasteiger partial charge in [0.2, 0.25) is 0 Å². The first-order valence-corrected chi connectivity index (χ1v) is 15.9. The van der Waals surface area contributed by atoms with Gasteiger partial charge in [0, 0.05) is 34.1 Å². The lowest BCUT2D eigenvalue weighted by atomic mass is 9.99. The number of carbonyl (C=O) groups is 3. The Morgan fingerprint density at radius 3 is 1.84 bits per heavy atom. The molecule has 0 fully saturated rings. The largest absolute Gasteiger partial charge is 0.474 e. The molecule has 0 spiro atoms. The summed E-state index contributed by atoms with van der Waals surface area (Å²) >= 11 is 7.11. The van der Waals surface area contributed by atoms with E-state index in [1.807, 2.05) is 72.8 Å². The molecule has 0 unspecified atom stereocenters. The molecule has 2 amide bonds. The highest BCUT2D eigenvalue weighted by molar-refractivity contribution is 9.11. The normalized spacial score (nSPS) is 10.7. The van der Waals surface area contributed by atoms with Gasteiger partial charge in [0.05, 0.1) is 0 Å². The molecule has 5 aromatic rings. The topological polar surface area (TPSA) is 86.7 Å². The summed E-state index contributed by atoms with van der Waals surface area (Å²) < 4.78 is 1.16. The van der Waals surface area contributed by atoms with Crippen molar-refractivity contribution in [3.8, 4) is 22.3 Å². The van der Waals surface area contributed by atoms with E-state index in [-0.39, 0.29) is 19.0 Å². The summed E-state index contributed by atoms with van der Waals surface area (Å²) in [6, 6.07) is 39.2. The summed E-state index contributed by atoms with van der Waals surface area (Å²) in [5.74, 6) is -2.79. The van der Waals surface area contributed by atoms with Gasteiger partial charge in [-0.25, -0.2) is 4.79 Å². The minimum Gasteiger partial charge on any atom is -0.474 e. The first kappa shape index (κ1) is 31.9. The predicted molar refractivity (Wildman–Crippen MR) is 184 cm³/mol. The second-order valence-electron chi connectivity index (χ2n) is 10.5. The van der Waals surface area contributed by atoms with Gasteiger partial charge in [-0.15, -0.1) is 0 Å². The van der Waals surface area contributed by atoms with Gasteiger partial charge in [0.15, 0.2) is 0 Å². The van der Waals surface area contributed by atoms with Gasteiger partial charge >= 0.3 is 11.9 Å². The highest BCUT2D eigenvalue weighted by Crippen LogP contribution is 2.31. The van der Waals surface area contributed by atoms with Crippen LogP contribution in [0.5, 0.6) is 0 Å². The summed E-state index contributed by atoms with van der Waals surface area (Å²) in [6.45, 7) is 0.558. The van der Waals surface area contributed by atoms with Crippen molar-refractivity contribution in [3.63, 3.8) is 0 Å². The van der Waals surface area contributed by atoms with Gasteiger partial charge in [0.25, 0.3) is 5.91 Å². The Labute approximate surface area is 279 Å². The molecule has 5 aromatic carbocycles. The highest BCUT2D eigenvalue weighted by atomic mass is 79.9. The zero-order valence-electron chi connectivity index (χ0n) is 24.3. The number of carbonyl (C=O) groups excluding carboxylic acids is 2. The maximum atomic E-state index is 13.0. The highest BCUT2D eigenvalue weighted by Gasteiger charge is 2.25. The van der Waals surface area contributed by atoms with Crippen molar-refractivity contribution in [1.29, 1.82) is 0 Å². The molecule has 0 saturated heterocycles. The monoisotopic (exact) mass is 724 g/mol. The molecule has 0 aliphatic carbocycles. The van der Waals surface area contributed by atoms with Gasteiger partial charge in [-0.2, -0.15) is 0 Å². The number of carboxylic acids is 1. The SMILES string of the molecule is O=C(O)C(=O)N(Cc1ccccc1-c1ccccc1)Cc1c(Br)cc(C(=O)NCCc2ccc(-c3ccccc3)cc2)cc1Br. The van der Waals surface area contributed by atoms with Crippen LogP contribution in [0.15, 0.2) is 130 Å². The minimum atomic E-state index is -1.54. The Balaban J connectivity index is 1.26. The summed E-state index contributed by atoms with van der Waals surface area (Å²) in [4.78, 5) is 39.0. The fraction of sp³-hybridized carbons (Fsp3) is 0.108. The fourth-order valence-corrected chi connectivity index (χ4v) is 6.53. The Kier molecular flexibility index (Phi) is 10.6. The van der Waals surface area contributed by atoms with Crippen LogP contribution in [0.4, 0.5) is 0 Å². The Bertz CT molecular complexity index is 1790. The standard InChI is InChI=1S/C37H30Br2N2O4/c38-33-21-30(35(42)40-20-19-25-15-17-27(18-16-25)26-9-3-1-4-10-26)22-34(39)32(33)24-41(36(43)37(44)45)23-29-13-7-8-14-31(29)28-11-5-2-6-12-28/h1-18,21-22H,19-20,23-24H2,(H,40,42)(H,44,45). The first-order valence-electron chi connectivity index (χ1n) is 14.4. The van der Waals surface area contributed by atoms with Crippen LogP contribution in [-0.2, 0) is 29.1 Å². The van der Waals surface area contributed by atoms with Gasteiger partial charge in [-0.3, -0.25) is 9.59 Å². The number of amides is 2. The van der Waals surface area contributed by atoms with Crippen LogP contribution in [0.2, 0.25) is 0 Å². The summed E-state index contributed by atoms with van der Waals surface area (Å²) in [6.07, 6.45) is 0.679. The summed E-state index contributed by atoms with van der Waals surface area (Å²) in [5.41, 5.74) is 7.20. The van der Waals surface area contributed by atoms with E-state index in [1.165, 1.54) is 4.90 Å². The maximum Gasteiger partial charge on any atom is 0.394 e. The zero-order chi connectivity index (χ0) is 31.8. The lowest BCUT2D eigenvalue weighted by molar-refractivity contribution is -0.156. The number of carboxylic acid groups (broad SMARTS) is 1. The molecule has 0 aromatic heterocycles. The molecule has 8 heteroatoms. The number of rotatable bonds is 10. The lowest BCUT2D eigenvalue weighted by Crippen LogP contribution is -2.36. The van der Waals surface area contributed by atoms with Crippen LogP contribution in [0.25, 0.3) is 22.3 Å². The number of benzene rings is 5. The maximum absolute atomic E-state index is 13.0. The quantitative estimate of drug-likeness (QED) is 0.142. The molecule has 6 nitrogen and oxygen atoms in total. The van der Waals surface area contributed by atoms with Crippen molar-refractivity contribution in [2.75, 3.05) is 6.54 Å². The molecule has 5 rings (SSSR count). The van der Waals surface area contributed by atoms with Crippen LogP contribution < -0.4 is 5.32 Å². The van der Waals surface area contributed by atoms with E-state index in [1.54, 1.807) is 12.1 Å². The zero-order valence-corrected chi connectivity index (χ0v) is 27.4. The first-order chi connectivity index (χ1) is 21.8. The smallest absolute Gasteiger partial charge is 0.394 e. The molecule has 0 bridgehead atoms. The third kappa shape index (κ3) is 8.15. The molecule has 0 atom stereocenters. The van der Waals surface area contributed by atoms with Crippen LogP contribution in [0, 0.1) is 0 Å². The Morgan fingerprint density at radius 2 is 1.22 bits per heavy atom. The second-order valence-corrected chi connectivity index (χ2v) is 12.2. The number of hydrogen-bond acceptors (Lipinski definition) is 3. The molecular weight excluding hydrogens is 696 g/mol. The van der Waals surface area contributed by atoms with E-state index in [0.29, 0.717) is 33.0 Å². The molecule has 226 valence electrons. The van der Waals surface area contributed by atoms with E-state index < -0.39 is 11.9 Å². The van der Waals surface area contributed by atoms with Gasteiger partial charge in [-0.05, 0) is 57.5 Å². The third-order valence-electron chi connectivity index (χ3n) is 7.45. The predicted octanol–water partition coefficient (Wildman–Crippen LogP) is 8.13. The van der Waals surface area contributed by atoms with E-state index in [2.05, 4.69) is 73.6 Å². The average Bonchev–Trinajstić information content (AvgIpc) is 3.06. The number of hydrogen-bond donors (Lipinski definition) is 2. The van der Waals surface area contributed by atoms with E-state index in [0.717, 1.165) is 33.4 Å². The summed E-state index contributed by atoms with van der Waals surface area (Å²) in [7, 11) is 0. The number of aliphatic carboxylic acids is 1. The van der Waals surface area contributed by atoms with Gasteiger partial charge < -0.3 is 15.3 Å². The molecule has 0 radical (unpaired) electrons. The van der Waals surface area contributed by atoms with Crippen LogP contribution >= 0.6 is 31.9 Å². The molecule has 0 aliphatic heterocycles. The Morgan fingerprint density at radius 1 is 0.667 bits per heavy atom. The molecule has 0 aliphatic rings. The van der Waals surface area contributed by atoms with Crippen molar-refractivity contribution < 1.29 is 19.5 Å². The van der Waals surface area contributed by atoms with Crippen molar-refractivity contribution in [3.05, 3.63) is 153 Å². The number of nitrogens with zero attached hydrogens (tertiary/aromatic N) is 1. The molecule has 0 saturated carbocycles. The second kappa shape index (κ2) is 15.0. The molecule has 2 N–H and O–H groups in total. The van der Waals surface area contributed by atoms with Crippen LogP contribution in [0.3, 0.4) is 0 Å². The third-order valence-corrected chi connectivity index (χ3v) is 8.86. The summed E-state index contributed by atoms with van der Waals surface area (Å²) in [5, 5.41) is 12.6. The van der Waals surface area contributed by atoms with E-state index in [9.17, 15) is 19.5 Å². The molecular formula is C37H30Br2N2O4. The van der Waals surface area contributed by atoms with Gasteiger partial charge in [-0.1, -0.05) is 141 Å². The van der Waals surface area contributed by atoms with E-state index >= 15 is 0 Å². The number of nitrogens with one attached hydrogen (secondary N) is 1. The van der Waals surface area contributed by atoms with Crippen molar-refractivity contribution in [1.82, 2.24) is 10.2 Å².